The summed E-state index contributed by atoms with van der Waals surface area (Å²) in [5.41, 5.74) is 0.913. The number of nitrogens with zero attached hydrogens (tertiary/aromatic N) is 2. The molecule has 0 amide bonds. The van der Waals surface area contributed by atoms with Crippen molar-refractivity contribution in [3.8, 4) is 17.2 Å². The third-order valence-corrected chi connectivity index (χ3v) is 4.88. The first-order valence-corrected chi connectivity index (χ1v) is 8.89. The number of hydrogen-bond acceptors (Lipinski definition) is 5. The lowest BCUT2D eigenvalue weighted by Gasteiger charge is -2.09. The van der Waals surface area contributed by atoms with E-state index in [4.69, 9.17) is 21.7 Å². The van der Waals surface area contributed by atoms with Crippen molar-refractivity contribution in [1.29, 1.82) is 0 Å². The lowest BCUT2D eigenvalue weighted by atomic mass is 10.3. The fourth-order valence-corrected chi connectivity index (χ4v) is 3.40. The molecule has 0 spiro atoms. The van der Waals surface area contributed by atoms with E-state index in [0.717, 1.165) is 19.5 Å². The van der Waals surface area contributed by atoms with E-state index in [0.29, 0.717) is 10.1 Å². The van der Waals surface area contributed by atoms with Gasteiger partial charge < -0.3 is 9.47 Å². The van der Waals surface area contributed by atoms with Crippen molar-refractivity contribution in [1.82, 2.24) is 9.78 Å². The maximum atomic E-state index is 5.45. The normalized spacial score (nSPS) is 10.4. The van der Waals surface area contributed by atoms with Crippen LogP contribution in [-0.2, 0) is 0 Å². The summed E-state index contributed by atoms with van der Waals surface area (Å²) < 4.78 is 14.9. The summed E-state index contributed by atoms with van der Waals surface area (Å²) in [5.74, 6) is 1.36. The first-order chi connectivity index (χ1) is 9.55. The molecule has 2 rings (SSSR count). The highest BCUT2D eigenvalue weighted by molar-refractivity contribution is 14.1. The van der Waals surface area contributed by atoms with Crippen molar-refractivity contribution in [3.63, 3.8) is 0 Å². The van der Waals surface area contributed by atoms with Gasteiger partial charge in [0.05, 0.1) is 29.7 Å². The molecular formula is C12H10BrIN2O2S2. The van der Waals surface area contributed by atoms with E-state index in [-0.39, 0.29) is 0 Å². The Labute approximate surface area is 148 Å². The van der Waals surface area contributed by atoms with E-state index < -0.39 is 0 Å². The second-order valence-electron chi connectivity index (χ2n) is 3.61. The van der Waals surface area contributed by atoms with Gasteiger partial charge in [-0.15, -0.1) is 0 Å². The Hall–Kier alpha value is -0.320. The maximum Gasteiger partial charge on any atom is 0.225 e. The first kappa shape index (κ1) is 16.1. The Morgan fingerprint density at radius 3 is 2.90 bits per heavy atom. The van der Waals surface area contributed by atoms with E-state index in [1.165, 1.54) is 11.8 Å². The zero-order valence-electron chi connectivity index (χ0n) is 10.6. The van der Waals surface area contributed by atoms with Crippen molar-refractivity contribution >= 4 is 66.9 Å². The van der Waals surface area contributed by atoms with Gasteiger partial charge in [-0.1, -0.05) is 11.8 Å². The van der Waals surface area contributed by atoms with E-state index in [9.17, 15) is 0 Å². The minimum atomic E-state index is 0.465. The molecule has 0 saturated heterocycles. The number of aromatic nitrogens is 2. The number of methoxy groups -OCH3 is 1. The zero-order chi connectivity index (χ0) is 14.7. The summed E-state index contributed by atoms with van der Waals surface area (Å²) in [5, 5.41) is 4.29. The highest BCUT2D eigenvalue weighted by Gasteiger charge is 2.11. The SMILES string of the molecule is COc1cc(-n2cc(OC(=S)SC)cn2)c(I)cc1Br. The van der Waals surface area contributed by atoms with Gasteiger partial charge in [-0.2, -0.15) is 5.10 Å². The van der Waals surface area contributed by atoms with Gasteiger partial charge in [0.15, 0.2) is 5.75 Å². The molecule has 0 aliphatic rings. The molecule has 0 radical (unpaired) electrons. The molecule has 0 N–H and O–H groups in total. The van der Waals surface area contributed by atoms with Crippen LogP contribution in [0.25, 0.3) is 5.69 Å². The Balaban J connectivity index is 2.34. The van der Waals surface area contributed by atoms with Crippen LogP contribution in [0.5, 0.6) is 11.5 Å². The van der Waals surface area contributed by atoms with Crippen LogP contribution in [0, 0.1) is 3.57 Å². The molecule has 0 aliphatic heterocycles. The van der Waals surface area contributed by atoms with Gasteiger partial charge in [-0.25, -0.2) is 4.68 Å². The standard InChI is InChI=1S/C12H10BrIN2O2S2/c1-17-11-4-10(9(14)3-8(11)13)16-6-7(5-15-16)18-12(19)20-2/h3-6H,1-2H3. The lowest BCUT2D eigenvalue weighted by molar-refractivity contribution is 0.411. The Morgan fingerprint density at radius 1 is 1.50 bits per heavy atom. The molecular weight excluding hydrogens is 475 g/mol. The average molecular weight is 485 g/mol. The quantitative estimate of drug-likeness (QED) is 0.480. The van der Waals surface area contributed by atoms with Crippen LogP contribution in [0.4, 0.5) is 0 Å². The highest BCUT2D eigenvalue weighted by atomic mass is 127. The third kappa shape index (κ3) is 3.66. The Bertz CT molecular complexity index is 648. The number of benzene rings is 1. The fourth-order valence-electron chi connectivity index (χ4n) is 1.48. The summed E-state index contributed by atoms with van der Waals surface area (Å²) in [6.07, 6.45) is 5.29. The molecule has 0 aliphatic carbocycles. The Morgan fingerprint density at radius 2 is 2.25 bits per heavy atom. The van der Waals surface area contributed by atoms with Crippen LogP contribution in [0.2, 0.25) is 0 Å². The summed E-state index contributed by atoms with van der Waals surface area (Å²) in [6.45, 7) is 0. The molecule has 8 heteroatoms. The molecule has 0 atom stereocenters. The van der Waals surface area contributed by atoms with Gasteiger partial charge in [0.2, 0.25) is 4.38 Å². The van der Waals surface area contributed by atoms with Gasteiger partial charge in [0.1, 0.15) is 5.75 Å². The van der Waals surface area contributed by atoms with Crippen LogP contribution in [0.3, 0.4) is 0 Å². The molecule has 0 saturated carbocycles. The van der Waals surface area contributed by atoms with Crippen molar-refractivity contribution in [2.24, 2.45) is 0 Å². The van der Waals surface area contributed by atoms with Crippen molar-refractivity contribution < 1.29 is 9.47 Å². The predicted molar refractivity (Wildman–Crippen MR) is 97.3 cm³/mol. The molecule has 0 bridgehead atoms. The number of rotatable bonds is 3. The van der Waals surface area contributed by atoms with Gasteiger partial charge in [-0.3, -0.25) is 0 Å². The predicted octanol–water partition coefficient (Wildman–Crippen LogP) is 4.27. The number of ether oxygens (including phenoxy) is 2. The zero-order valence-corrected chi connectivity index (χ0v) is 16.0. The van der Waals surface area contributed by atoms with Gasteiger partial charge >= 0.3 is 0 Å². The first-order valence-electron chi connectivity index (χ1n) is 5.39. The number of hydrogen-bond donors (Lipinski definition) is 0. The molecule has 1 aromatic carbocycles. The molecule has 4 nitrogen and oxygen atoms in total. The molecule has 0 fully saturated rings. The number of thioether (sulfide) groups is 1. The molecule has 2 aromatic rings. The molecule has 20 heavy (non-hydrogen) atoms. The fraction of sp³-hybridized carbons (Fsp3) is 0.167. The van der Waals surface area contributed by atoms with Crippen LogP contribution in [0.15, 0.2) is 29.0 Å². The largest absolute Gasteiger partial charge is 0.495 e. The van der Waals surface area contributed by atoms with Crippen molar-refractivity contribution in [2.75, 3.05) is 13.4 Å². The second kappa shape index (κ2) is 7.10. The molecule has 1 aromatic heterocycles. The van der Waals surface area contributed by atoms with Gasteiger partial charge in [0.25, 0.3) is 0 Å². The Kier molecular flexibility index (Phi) is 5.70. The number of halogens is 2. The smallest absolute Gasteiger partial charge is 0.225 e. The van der Waals surface area contributed by atoms with E-state index >= 15 is 0 Å². The minimum absolute atomic E-state index is 0.465. The van der Waals surface area contributed by atoms with Crippen molar-refractivity contribution in [3.05, 3.63) is 32.6 Å². The number of thiocarbonyl (C=S) groups is 1. The topological polar surface area (TPSA) is 36.3 Å². The van der Waals surface area contributed by atoms with E-state index in [2.05, 4.69) is 43.6 Å². The molecule has 0 unspecified atom stereocenters. The van der Waals surface area contributed by atoms with Crippen LogP contribution >= 0.6 is 62.5 Å². The van der Waals surface area contributed by atoms with Crippen LogP contribution in [0.1, 0.15) is 0 Å². The van der Waals surface area contributed by atoms with Crippen LogP contribution in [-0.4, -0.2) is 27.5 Å². The summed E-state index contributed by atoms with van der Waals surface area (Å²) in [7, 11) is 1.63. The molecule has 1 heterocycles. The molecule has 106 valence electrons. The van der Waals surface area contributed by atoms with E-state index in [1.807, 2.05) is 18.4 Å². The summed E-state index contributed by atoms with van der Waals surface area (Å²) in [4.78, 5) is 0. The summed E-state index contributed by atoms with van der Waals surface area (Å²) in [6, 6.07) is 3.89. The monoisotopic (exact) mass is 484 g/mol. The van der Waals surface area contributed by atoms with Crippen LogP contribution < -0.4 is 9.47 Å². The van der Waals surface area contributed by atoms with Gasteiger partial charge in [-0.05, 0) is 63.1 Å². The summed E-state index contributed by atoms with van der Waals surface area (Å²) >= 11 is 12.1. The van der Waals surface area contributed by atoms with Crippen molar-refractivity contribution in [2.45, 2.75) is 0 Å². The van der Waals surface area contributed by atoms with Gasteiger partial charge in [0, 0.05) is 9.64 Å². The average Bonchev–Trinajstić information content (AvgIpc) is 2.87. The highest BCUT2D eigenvalue weighted by Crippen LogP contribution is 2.31. The minimum Gasteiger partial charge on any atom is -0.495 e. The second-order valence-corrected chi connectivity index (χ2v) is 7.04. The maximum absolute atomic E-state index is 5.45. The lowest BCUT2D eigenvalue weighted by Crippen LogP contribution is -2.00. The van der Waals surface area contributed by atoms with E-state index in [1.54, 1.807) is 24.2 Å². The third-order valence-electron chi connectivity index (χ3n) is 2.39.